The van der Waals surface area contributed by atoms with Crippen LogP contribution in [0.25, 0.3) is 0 Å². The molecule has 0 saturated carbocycles. The van der Waals surface area contributed by atoms with Crippen molar-refractivity contribution in [3.05, 3.63) is 0 Å². The Morgan fingerprint density at radius 2 is 2.18 bits per heavy atom. The summed E-state index contributed by atoms with van der Waals surface area (Å²) in [5.41, 5.74) is 0. The predicted molar refractivity (Wildman–Crippen MR) is 71.9 cm³/mol. The van der Waals surface area contributed by atoms with E-state index in [0.29, 0.717) is 18.3 Å². The lowest BCUT2D eigenvalue weighted by Gasteiger charge is -2.22. The first-order valence-corrected chi connectivity index (χ1v) is 8.18. The van der Waals surface area contributed by atoms with Gasteiger partial charge in [-0.25, -0.2) is 12.7 Å². The van der Waals surface area contributed by atoms with Crippen LogP contribution >= 0.6 is 11.6 Å². The molecule has 0 amide bonds. The number of hydrogen-bond acceptors (Lipinski definition) is 3. The van der Waals surface area contributed by atoms with Crippen molar-refractivity contribution in [2.75, 3.05) is 45.4 Å². The fourth-order valence-electron chi connectivity index (χ4n) is 2.18. The van der Waals surface area contributed by atoms with Crippen LogP contribution in [0.5, 0.6) is 0 Å². The summed E-state index contributed by atoms with van der Waals surface area (Å²) in [5, 5.41) is 0. The van der Waals surface area contributed by atoms with Gasteiger partial charge in [0.2, 0.25) is 10.0 Å². The van der Waals surface area contributed by atoms with Gasteiger partial charge in [-0.15, -0.1) is 11.6 Å². The Hall–Kier alpha value is 0.160. The highest BCUT2D eigenvalue weighted by atomic mass is 35.5. The minimum Gasteiger partial charge on any atom is -0.306 e. The third kappa shape index (κ3) is 4.73. The maximum atomic E-state index is 12.0. The molecule has 4 nitrogen and oxygen atoms in total. The first-order valence-electron chi connectivity index (χ1n) is 6.03. The summed E-state index contributed by atoms with van der Waals surface area (Å²) >= 11 is 5.66. The van der Waals surface area contributed by atoms with Gasteiger partial charge < -0.3 is 4.90 Å². The van der Waals surface area contributed by atoms with E-state index in [2.05, 4.69) is 11.9 Å². The van der Waals surface area contributed by atoms with E-state index in [0.717, 1.165) is 19.5 Å². The van der Waals surface area contributed by atoms with Gasteiger partial charge in [-0.3, -0.25) is 0 Å². The molecule has 2 atom stereocenters. The number of likely N-dealkylation sites (tertiary alicyclic amines) is 1. The van der Waals surface area contributed by atoms with E-state index in [1.54, 1.807) is 7.05 Å². The third-order valence-electron chi connectivity index (χ3n) is 3.24. The molecule has 0 aromatic heterocycles. The lowest BCUT2D eigenvalue weighted by atomic mass is 10.1. The van der Waals surface area contributed by atoms with Gasteiger partial charge in [0, 0.05) is 26.0 Å². The minimum atomic E-state index is -3.15. The van der Waals surface area contributed by atoms with Crippen molar-refractivity contribution < 1.29 is 8.42 Å². The van der Waals surface area contributed by atoms with E-state index in [1.807, 2.05) is 6.92 Å². The third-order valence-corrected chi connectivity index (χ3v) is 5.85. The van der Waals surface area contributed by atoms with Gasteiger partial charge >= 0.3 is 0 Å². The molecule has 0 aromatic rings. The Labute approximate surface area is 110 Å². The zero-order valence-corrected chi connectivity index (χ0v) is 12.5. The fourth-order valence-corrected chi connectivity index (χ4v) is 3.95. The lowest BCUT2D eigenvalue weighted by Crippen LogP contribution is -2.36. The van der Waals surface area contributed by atoms with E-state index in [9.17, 15) is 8.42 Å². The molecular weight excluding hydrogens is 260 g/mol. The standard InChI is InChI=1S/C11H23ClN2O2S/c1-10(6-12)9-17(15,16)14(3)8-11-4-5-13(2)7-11/h10-11H,4-9H2,1-3H3. The van der Waals surface area contributed by atoms with Crippen molar-refractivity contribution in [3.63, 3.8) is 0 Å². The molecule has 2 unspecified atom stereocenters. The van der Waals surface area contributed by atoms with Crippen molar-refractivity contribution in [1.82, 2.24) is 9.21 Å². The van der Waals surface area contributed by atoms with E-state index in [-0.39, 0.29) is 11.7 Å². The molecule has 0 bridgehead atoms. The summed E-state index contributed by atoms with van der Waals surface area (Å²) in [6, 6.07) is 0. The molecule has 0 radical (unpaired) electrons. The summed E-state index contributed by atoms with van der Waals surface area (Å²) in [6.07, 6.45) is 1.08. The minimum absolute atomic E-state index is 0.00960. The SMILES string of the molecule is CC(CCl)CS(=O)(=O)N(C)CC1CCN(C)C1. The maximum Gasteiger partial charge on any atom is 0.214 e. The largest absolute Gasteiger partial charge is 0.306 e. The van der Waals surface area contributed by atoms with E-state index >= 15 is 0 Å². The van der Waals surface area contributed by atoms with Crippen LogP contribution in [0, 0.1) is 11.8 Å². The van der Waals surface area contributed by atoms with Gasteiger partial charge in [-0.2, -0.15) is 0 Å². The van der Waals surface area contributed by atoms with Gasteiger partial charge in [0.25, 0.3) is 0 Å². The Morgan fingerprint density at radius 3 is 2.65 bits per heavy atom. The number of hydrogen-bond donors (Lipinski definition) is 0. The molecular formula is C11H23ClN2O2S. The summed E-state index contributed by atoms with van der Waals surface area (Å²) < 4.78 is 25.5. The fraction of sp³-hybridized carbons (Fsp3) is 1.00. The van der Waals surface area contributed by atoms with Gasteiger partial charge in [-0.05, 0) is 31.8 Å². The van der Waals surface area contributed by atoms with E-state index in [1.165, 1.54) is 4.31 Å². The van der Waals surface area contributed by atoms with Crippen LogP contribution in [0.1, 0.15) is 13.3 Å². The van der Waals surface area contributed by atoms with E-state index < -0.39 is 10.0 Å². The molecule has 1 rings (SSSR count). The second-order valence-corrected chi connectivity index (χ2v) is 7.66. The highest BCUT2D eigenvalue weighted by Crippen LogP contribution is 2.17. The number of sulfonamides is 1. The molecule has 6 heteroatoms. The quantitative estimate of drug-likeness (QED) is 0.685. The molecule has 0 spiro atoms. The highest BCUT2D eigenvalue weighted by Gasteiger charge is 2.26. The van der Waals surface area contributed by atoms with Crippen molar-refractivity contribution in [2.24, 2.45) is 11.8 Å². The zero-order valence-electron chi connectivity index (χ0n) is 10.9. The number of nitrogens with zero attached hydrogens (tertiary/aromatic N) is 2. The molecule has 1 saturated heterocycles. The monoisotopic (exact) mass is 282 g/mol. The van der Waals surface area contributed by atoms with Crippen molar-refractivity contribution in [3.8, 4) is 0 Å². The first kappa shape index (κ1) is 15.2. The van der Waals surface area contributed by atoms with Crippen LogP contribution in [0.3, 0.4) is 0 Å². The highest BCUT2D eigenvalue weighted by molar-refractivity contribution is 7.89. The summed E-state index contributed by atoms with van der Waals surface area (Å²) in [7, 11) is 0.602. The molecule has 1 heterocycles. The summed E-state index contributed by atoms with van der Waals surface area (Å²) in [4.78, 5) is 2.24. The maximum absolute atomic E-state index is 12.0. The molecule has 1 fully saturated rings. The van der Waals surface area contributed by atoms with E-state index in [4.69, 9.17) is 11.6 Å². The normalized spacial score (nSPS) is 24.4. The van der Waals surface area contributed by atoms with Crippen LogP contribution < -0.4 is 0 Å². The molecule has 0 aliphatic carbocycles. The van der Waals surface area contributed by atoms with Crippen molar-refractivity contribution >= 4 is 21.6 Å². The van der Waals surface area contributed by atoms with Gasteiger partial charge in [0.1, 0.15) is 0 Å². The summed E-state index contributed by atoms with van der Waals surface area (Å²) in [6.45, 7) is 4.55. The first-order chi connectivity index (χ1) is 7.85. The second kappa shape index (κ2) is 6.36. The van der Waals surface area contributed by atoms with Crippen molar-refractivity contribution in [2.45, 2.75) is 13.3 Å². The van der Waals surface area contributed by atoms with Crippen molar-refractivity contribution in [1.29, 1.82) is 0 Å². The summed E-state index contributed by atoms with van der Waals surface area (Å²) in [5.74, 6) is 1.01. The second-order valence-electron chi connectivity index (χ2n) is 5.24. The Morgan fingerprint density at radius 1 is 1.53 bits per heavy atom. The van der Waals surface area contributed by atoms with Gasteiger partial charge in [0.15, 0.2) is 0 Å². The van der Waals surface area contributed by atoms with Crippen LogP contribution in [0.4, 0.5) is 0 Å². The van der Waals surface area contributed by atoms with Crippen LogP contribution in [-0.4, -0.2) is 63.0 Å². The van der Waals surface area contributed by atoms with Gasteiger partial charge in [-0.1, -0.05) is 6.92 Å². The Kier molecular flexibility index (Phi) is 5.70. The number of alkyl halides is 1. The molecule has 0 N–H and O–H groups in total. The molecule has 1 aliphatic heterocycles. The average Bonchev–Trinajstić information content (AvgIpc) is 2.63. The van der Waals surface area contributed by atoms with Gasteiger partial charge in [0.05, 0.1) is 5.75 Å². The van der Waals surface area contributed by atoms with Crippen LogP contribution in [0.15, 0.2) is 0 Å². The number of rotatable bonds is 6. The Bertz CT molecular complexity index is 334. The topological polar surface area (TPSA) is 40.6 Å². The zero-order chi connectivity index (χ0) is 13.1. The Balaban J connectivity index is 2.48. The predicted octanol–water partition coefficient (Wildman–Crippen LogP) is 1.07. The molecule has 17 heavy (non-hydrogen) atoms. The van der Waals surface area contributed by atoms with Crippen LogP contribution in [0.2, 0.25) is 0 Å². The van der Waals surface area contributed by atoms with Crippen LogP contribution in [-0.2, 0) is 10.0 Å². The number of halogens is 1. The molecule has 0 aromatic carbocycles. The molecule has 102 valence electrons. The smallest absolute Gasteiger partial charge is 0.214 e. The lowest BCUT2D eigenvalue weighted by molar-refractivity contribution is 0.356. The molecule has 1 aliphatic rings. The average molecular weight is 283 g/mol.